The number of rotatable bonds is 2. The normalized spacial score (nSPS) is 31.1. The molecule has 0 radical (unpaired) electrons. The fourth-order valence-corrected chi connectivity index (χ4v) is 4.46. The van der Waals surface area contributed by atoms with Gasteiger partial charge in [0, 0.05) is 31.8 Å². The lowest BCUT2D eigenvalue weighted by atomic mass is 9.88. The van der Waals surface area contributed by atoms with Gasteiger partial charge in [-0.1, -0.05) is 6.42 Å². The van der Waals surface area contributed by atoms with Crippen molar-refractivity contribution in [2.24, 2.45) is 11.8 Å². The molecule has 1 aromatic rings. The third kappa shape index (κ3) is 1.68. The van der Waals surface area contributed by atoms with E-state index in [0.717, 1.165) is 41.7 Å². The molecule has 3 atom stereocenters. The lowest BCUT2D eigenvalue weighted by Crippen LogP contribution is -2.24. The highest BCUT2D eigenvalue weighted by Crippen LogP contribution is 2.53. The van der Waals surface area contributed by atoms with Gasteiger partial charge in [0.1, 0.15) is 11.5 Å². The van der Waals surface area contributed by atoms with E-state index in [0.29, 0.717) is 5.92 Å². The number of anilines is 3. The summed E-state index contributed by atoms with van der Waals surface area (Å²) >= 11 is 5.90. The molecule has 3 aliphatic rings. The van der Waals surface area contributed by atoms with Gasteiger partial charge in [-0.3, -0.25) is 4.84 Å². The Morgan fingerprint density at radius 1 is 1.15 bits per heavy atom. The van der Waals surface area contributed by atoms with Gasteiger partial charge < -0.3 is 9.80 Å². The molecule has 0 spiro atoms. The number of nitrogens with zero attached hydrogens (tertiary/aromatic N) is 4. The number of halogens is 1. The van der Waals surface area contributed by atoms with Crippen LogP contribution in [-0.4, -0.2) is 30.7 Å². The van der Waals surface area contributed by atoms with Crippen LogP contribution >= 0.6 is 11.8 Å². The van der Waals surface area contributed by atoms with Crippen molar-refractivity contribution in [3.63, 3.8) is 0 Å². The average Bonchev–Trinajstić information content (AvgIpc) is 3.13. The molecule has 2 aliphatic carbocycles. The van der Waals surface area contributed by atoms with E-state index in [9.17, 15) is 0 Å². The van der Waals surface area contributed by atoms with Crippen molar-refractivity contribution in [1.82, 2.24) is 9.97 Å². The minimum atomic E-state index is 0.530. The molecule has 20 heavy (non-hydrogen) atoms. The fraction of sp³-hybridized carbons (Fsp3) is 0.714. The first-order chi connectivity index (χ1) is 9.67. The summed E-state index contributed by atoms with van der Waals surface area (Å²) in [5.41, 5.74) is 1.01. The first-order valence-corrected chi connectivity index (χ1v) is 7.76. The van der Waals surface area contributed by atoms with Crippen LogP contribution in [0.2, 0.25) is 0 Å². The molecule has 108 valence electrons. The second-order valence-electron chi connectivity index (χ2n) is 6.52. The summed E-state index contributed by atoms with van der Waals surface area (Å²) < 4.78 is 0. The second-order valence-corrected chi connectivity index (χ2v) is 6.70. The fourth-order valence-electron chi connectivity index (χ4n) is 4.33. The standard InChI is InChI=1S/C14H20ClN5/c1-19-7-20(2)14-11(19)13(18-15)16-12(17-14)10-6-8-3-4-9(10)5-8/h8-10H,3-7H2,1-2H3,(H,16,17,18). The van der Waals surface area contributed by atoms with Gasteiger partial charge in [0.05, 0.1) is 6.67 Å². The van der Waals surface area contributed by atoms with Crippen LogP contribution in [0.3, 0.4) is 0 Å². The second kappa shape index (κ2) is 4.38. The minimum absolute atomic E-state index is 0.530. The minimum Gasteiger partial charge on any atom is -0.351 e. The molecule has 0 amide bonds. The average molecular weight is 294 g/mol. The maximum Gasteiger partial charge on any atom is 0.170 e. The Bertz CT molecular complexity index is 549. The molecule has 2 bridgehead atoms. The monoisotopic (exact) mass is 293 g/mol. The van der Waals surface area contributed by atoms with E-state index in [2.05, 4.69) is 21.7 Å². The summed E-state index contributed by atoms with van der Waals surface area (Å²) in [6.45, 7) is 0.829. The van der Waals surface area contributed by atoms with Gasteiger partial charge in [0.2, 0.25) is 0 Å². The van der Waals surface area contributed by atoms with Gasteiger partial charge >= 0.3 is 0 Å². The SMILES string of the molecule is CN1CN(C)c2c(NCl)nc(C3CC4CCC3C4)nc21. The highest BCUT2D eigenvalue weighted by Gasteiger charge is 2.42. The van der Waals surface area contributed by atoms with Gasteiger partial charge in [-0.25, -0.2) is 9.97 Å². The van der Waals surface area contributed by atoms with Gasteiger partial charge in [0.25, 0.3) is 0 Å². The molecule has 3 unspecified atom stereocenters. The Morgan fingerprint density at radius 3 is 2.65 bits per heavy atom. The van der Waals surface area contributed by atoms with E-state index in [4.69, 9.17) is 21.7 Å². The van der Waals surface area contributed by atoms with Crippen LogP contribution in [0.5, 0.6) is 0 Å². The van der Waals surface area contributed by atoms with Crippen molar-refractivity contribution in [3.8, 4) is 0 Å². The number of aromatic nitrogens is 2. The Kier molecular flexibility index (Phi) is 2.74. The van der Waals surface area contributed by atoms with Crippen molar-refractivity contribution in [3.05, 3.63) is 5.82 Å². The smallest absolute Gasteiger partial charge is 0.170 e. The van der Waals surface area contributed by atoms with Crippen LogP contribution in [0.25, 0.3) is 0 Å². The molecule has 0 aromatic carbocycles. The van der Waals surface area contributed by atoms with Crippen molar-refractivity contribution in [2.75, 3.05) is 35.4 Å². The quantitative estimate of drug-likeness (QED) is 0.850. The Morgan fingerprint density at radius 2 is 2.00 bits per heavy atom. The molecule has 2 heterocycles. The van der Waals surface area contributed by atoms with E-state index < -0.39 is 0 Å². The lowest BCUT2D eigenvalue weighted by Gasteiger charge is -2.22. The maximum absolute atomic E-state index is 5.90. The first-order valence-electron chi connectivity index (χ1n) is 7.38. The summed E-state index contributed by atoms with van der Waals surface area (Å²) in [5.74, 6) is 4.95. The highest BCUT2D eigenvalue weighted by molar-refractivity contribution is 6.24. The molecular formula is C14H20ClN5. The highest BCUT2D eigenvalue weighted by atomic mass is 35.5. The van der Waals surface area contributed by atoms with Gasteiger partial charge in [-0.15, -0.1) is 0 Å². The van der Waals surface area contributed by atoms with Gasteiger partial charge in [-0.05, 0) is 31.1 Å². The Labute approximate surface area is 124 Å². The summed E-state index contributed by atoms with van der Waals surface area (Å²) in [6, 6.07) is 0. The van der Waals surface area contributed by atoms with Crippen molar-refractivity contribution < 1.29 is 0 Å². The molecular weight excluding hydrogens is 274 g/mol. The van der Waals surface area contributed by atoms with Crippen LogP contribution in [0.4, 0.5) is 17.3 Å². The molecule has 1 aromatic heterocycles. The molecule has 4 rings (SSSR count). The van der Waals surface area contributed by atoms with Crippen LogP contribution < -0.4 is 14.6 Å². The van der Waals surface area contributed by atoms with Crippen LogP contribution in [0.1, 0.15) is 37.4 Å². The number of hydrogen-bond acceptors (Lipinski definition) is 5. The lowest BCUT2D eigenvalue weighted by molar-refractivity contribution is 0.406. The van der Waals surface area contributed by atoms with E-state index >= 15 is 0 Å². The third-order valence-electron chi connectivity index (χ3n) is 5.21. The topological polar surface area (TPSA) is 44.3 Å². The predicted octanol–water partition coefficient (Wildman–Crippen LogP) is 2.79. The van der Waals surface area contributed by atoms with E-state index in [1.807, 2.05) is 7.05 Å². The Balaban J connectivity index is 1.77. The number of hydrogen-bond donors (Lipinski definition) is 1. The van der Waals surface area contributed by atoms with E-state index in [-0.39, 0.29) is 0 Å². The number of fused-ring (bicyclic) bond motifs is 3. The summed E-state index contributed by atoms with van der Waals surface area (Å²) in [4.78, 5) is 16.6. The summed E-state index contributed by atoms with van der Waals surface area (Å²) in [5, 5.41) is 0. The van der Waals surface area contributed by atoms with Crippen molar-refractivity contribution in [2.45, 2.75) is 31.6 Å². The Hall–Kier alpha value is -1.23. The van der Waals surface area contributed by atoms with Crippen LogP contribution in [0, 0.1) is 11.8 Å². The largest absolute Gasteiger partial charge is 0.351 e. The van der Waals surface area contributed by atoms with Gasteiger partial charge in [-0.2, -0.15) is 0 Å². The maximum atomic E-state index is 5.90. The zero-order valence-corrected chi connectivity index (χ0v) is 12.7. The zero-order valence-electron chi connectivity index (χ0n) is 11.9. The molecule has 0 saturated heterocycles. The van der Waals surface area contributed by atoms with E-state index in [1.54, 1.807) is 0 Å². The predicted molar refractivity (Wildman–Crippen MR) is 81.4 cm³/mol. The molecule has 1 N–H and O–H groups in total. The summed E-state index contributed by atoms with van der Waals surface area (Å²) in [7, 11) is 4.11. The van der Waals surface area contributed by atoms with Crippen LogP contribution in [0.15, 0.2) is 0 Å². The molecule has 2 fully saturated rings. The molecule has 6 heteroatoms. The van der Waals surface area contributed by atoms with Gasteiger partial charge in [0.15, 0.2) is 11.6 Å². The molecule has 1 aliphatic heterocycles. The van der Waals surface area contributed by atoms with E-state index in [1.165, 1.54) is 25.7 Å². The third-order valence-corrected chi connectivity index (χ3v) is 5.39. The van der Waals surface area contributed by atoms with Crippen molar-refractivity contribution in [1.29, 1.82) is 0 Å². The van der Waals surface area contributed by atoms with Crippen molar-refractivity contribution >= 4 is 29.1 Å². The number of nitrogens with one attached hydrogen (secondary N) is 1. The molecule has 2 saturated carbocycles. The zero-order chi connectivity index (χ0) is 13.9. The first kappa shape index (κ1) is 12.5. The summed E-state index contributed by atoms with van der Waals surface area (Å²) in [6.07, 6.45) is 5.36. The van der Waals surface area contributed by atoms with Crippen LogP contribution in [-0.2, 0) is 0 Å². The molecule has 5 nitrogen and oxygen atoms in total.